The van der Waals surface area contributed by atoms with E-state index in [1.807, 2.05) is 0 Å². The highest BCUT2D eigenvalue weighted by Crippen LogP contribution is 1.97. The fourth-order valence-corrected chi connectivity index (χ4v) is 1.04. The largest absolute Gasteiger partial charge is 0.442 e. The van der Waals surface area contributed by atoms with Crippen LogP contribution in [0.15, 0.2) is 24.5 Å². The van der Waals surface area contributed by atoms with Crippen LogP contribution in [0.3, 0.4) is 0 Å². The van der Waals surface area contributed by atoms with Crippen molar-refractivity contribution < 1.29 is 14.3 Å². The summed E-state index contributed by atoms with van der Waals surface area (Å²) in [7, 11) is 0. The fraction of sp³-hybridized carbons (Fsp3) is 0.300. The summed E-state index contributed by atoms with van der Waals surface area (Å²) in [6.07, 6.45) is 2.37. The standard InChI is InChI=1S/C10H12N2O3/c1-7(15-8(2)13)12-10(14)9-4-3-5-11-6-9/h3-7H,1-2H3,(H,12,14). The van der Waals surface area contributed by atoms with Crippen molar-refractivity contribution in [2.24, 2.45) is 0 Å². The van der Waals surface area contributed by atoms with E-state index in [0.29, 0.717) is 5.56 Å². The number of rotatable bonds is 3. The molecule has 0 spiro atoms. The minimum Gasteiger partial charge on any atom is -0.442 e. The molecule has 15 heavy (non-hydrogen) atoms. The lowest BCUT2D eigenvalue weighted by molar-refractivity contribution is -0.146. The molecular formula is C10H12N2O3. The average molecular weight is 208 g/mol. The average Bonchev–Trinajstić information content (AvgIpc) is 2.17. The maximum absolute atomic E-state index is 11.5. The third kappa shape index (κ3) is 3.76. The van der Waals surface area contributed by atoms with Gasteiger partial charge in [-0.05, 0) is 19.1 Å². The molecule has 5 heteroatoms. The quantitative estimate of drug-likeness (QED) is 0.587. The molecule has 1 N–H and O–H groups in total. The molecule has 0 saturated carbocycles. The molecule has 0 bridgehead atoms. The number of nitrogens with zero attached hydrogens (tertiary/aromatic N) is 1. The second-order valence-electron chi connectivity index (χ2n) is 2.97. The van der Waals surface area contributed by atoms with Crippen molar-refractivity contribution in [3.63, 3.8) is 0 Å². The van der Waals surface area contributed by atoms with Crippen molar-refractivity contribution in [2.45, 2.75) is 20.1 Å². The summed E-state index contributed by atoms with van der Waals surface area (Å²) in [5.41, 5.74) is 0.427. The first-order chi connectivity index (χ1) is 7.09. The molecule has 0 saturated heterocycles. The highest BCUT2D eigenvalue weighted by molar-refractivity contribution is 5.93. The van der Waals surface area contributed by atoms with Crippen molar-refractivity contribution in [1.29, 1.82) is 0 Å². The van der Waals surface area contributed by atoms with Crippen molar-refractivity contribution in [2.75, 3.05) is 0 Å². The van der Waals surface area contributed by atoms with Gasteiger partial charge in [-0.3, -0.25) is 14.6 Å². The van der Waals surface area contributed by atoms with Crippen LogP contribution in [0.5, 0.6) is 0 Å². The monoisotopic (exact) mass is 208 g/mol. The van der Waals surface area contributed by atoms with Gasteiger partial charge in [-0.2, -0.15) is 0 Å². The second-order valence-corrected chi connectivity index (χ2v) is 2.97. The van der Waals surface area contributed by atoms with Crippen LogP contribution in [0.1, 0.15) is 24.2 Å². The molecular weight excluding hydrogens is 196 g/mol. The molecule has 0 aliphatic carbocycles. The highest BCUT2D eigenvalue weighted by Gasteiger charge is 2.10. The first kappa shape index (κ1) is 11.2. The molecule has 1 aromatic heterocycles. The molecule has 80 valence electrons. The molecule has 1 atom stereocenters. The molecule has 0 aliphatic rings. The van der Waals surface area contributed by atoms with Gasteiger partial charge in [0.1, 0.15) is 0 Å². The first-order valence-electron chi connectivity index (χ1n) is 4.47. The smallest absolute Gasteiger partial charge is 0.304 e. The van der Waals surface area contributed by atoms with Gasteiger partial charge in [0, 0.05) is 19.3 Å². The van der Waals surface area contributed by atoms with Gasteiger partial charge in [-0.25, -0.2) is 0 Å². The number of nitrogens with one attached hydrogen (secondary N) is 1. The van der Waals surface area contributed by atoms with E-state index in [-0.39, 0.29) is 5.91 Å². The molecule has 1 rings (SSSR count). The molecule has 0 aliphatic heterocycles. The summed E-state index contributed by atoms with van der Waals surface area (Å²) < 4.78 is 4.75. The predicted octanol–water partition coefficient (Wildman–Crippen LogP) is 0.721. The predicted molar refractivity (Wildman–Crippen MR) is 52.9 cm³/mol. The van der Waals surface area contributed by atoms with E-state index in [4.69, 9.17) is 4.74 Å². The fourth-order valence-electron chi connectivity index (χ4n) is 1.04. The van der Waals surface area contributed by atoms with E-state index in [1.54, 1.807) is 25.3 Å². The molecule has 0 aromatic carbocycles. The summed E-state index contributed by atoms with van der Waals surface area (Å²) in [4.78, 5) is 25.9. The topological polar surface area (TPSA) is 68.3 Å². The van der Waals surface area contributed by atoms with Crippen LogP contribution in [0, 0.1) is 0 Å². The van der Waals surface area contributed by atoms with Crippen LogP contribution >= 0.6 is 0 Å². The Morgan fingerprint density at radius 1 is 1.53 bits per heavy atom. The highest BCUT2D eigenvalue weighted by atomic mass is 16.6. The number of esters is 1. The number of hydrogen-bond donors (Lipinski definition) is 1. The summed E-state index contributed by atoms with van der Waals surface area (Å²) in [6, 6.07) is 3.29. The molecule has 1 aromatic rings. The Balaban J connectivity index is 2.53. The van der Waals surface area contributed by atoms with Crippen LogP contribution in [0.4, 0.5) is 0 Å². The number of carbonyl (C=O) groups is 2. The first-order valence-corrected chi connectivity index (χ1v) is 4.47. The maximum Gasteiger partial charge on any atom is 0.304 e. The van der Waals surface area contributed by atoms with Crippen LogP contribution in [0.2, 0.25) is 0 Å². The third-order valence-corrected chi connectivity index (χ3v) is 1.60. The van der Waals surface area contributed by atoms with Crippen molar-refractivity contribution in [1.82, 2.24) is 10.3 Å². The number of ether oxygens (including phenoxy) is 1. The van der Waals surface area contributed by atoms with E-state index in [9.17, 15) is 9.59 Å². The van der Waals surface area contributed by atoms with Gasteiger partial charge in [0.2, 0.25) is 0 Å². The van der Waals surface area contributed by atoms with E-state index in [2.05, 4.69) is 10.3 Å². The molecule has 1 amide bonds. The molecule has 1 heterocycles. The van der Waals surface area contributed by atoms with Crippen molar-refractivity contribution >= 4 is 11.9 Å². The molecule has 5 nitrogen and oxygen atoms in total. The number of hydrogen-bond acceptors (Lipinski definition) is 4. The van der Waals surface area contributed by atoms with Gasteiger partial charge in [-0.15, -0.1) is 0 Å². The van der Waals surface area contributed by atoms with E-state index in [0.717, 1.165) is 0 Å². The lowest BCUT2D eigenvalue weighted by atomic mass is 10.3. The number of amides is 1. The summed E-state index contributed by atoms with van der Waals surface area (Å²) >= 11 is 0. The molecule has 0 fully saturated rings. The van der Waals surface area contributed by atoms with Gasteiger partial charge in [0.15, 0.2) is 6.23 Å². The Kier molecular flexibility index (Phi) is 3.79. The Hall–Kier alpha value is -1.91. The van der Waals surface area contributed by atoms with Gasteiger partial charge < -0.3 is 10.1 Å². The lowest BCUT2D eigenvalue weighted by Crippen LogP contribution is -2.35. The lowest BCUT2D eigenvalue weighted by Gasteiger charge is -2.13. The second kappa shape index (κ2) is 5.09. The maximum atomic E-state index is 11.5. The van der Waals surface area contributed by atoms with Crippen LogP contribution < -0.4 is 5.32 Å². The van der Waals surface area contributed by atoms with Crippen molar-refractivity contribution in [3.05, 3.63) is 30.1 Å². The zero-order valence-corrected chi connectivity index (χ0v) is 8.56. The van der Waals surface area contributed by atoms with Gasteiger partial charge >= 0.3 is 5.97 Å². The summed E-state index contributed by atoms with van der Waals surface area (Å²) in [5.74, 6) is -0.758. The Morgan fingerprint density at radius 3 is 2.80 bits per heavy atom. The van der Waals surface area contributed by atoms with Crippen LogP contribution in [-0.2, 0) is 9.53 Å². The van der Waals surface area contributed by atoms with Crippen molar-refractivity contribution in [3.8, 4) is 0 Å². The van der Waals surface area contributed by atoms with Gasteiger partial charge in [0.25, 0.3) is 5.91 Å². The zero-order chi connectivity index (χ0) is 11.3. The Labute approximate surface area is 87.5 Å². The molecule has 1 unspecified atom stereocenters. The summed E-state index contributed by atoms with van der Waals surface area (Å²) in [6.45, 7) is 2.86. The zero-order valence-electron chi connectivity index (χ0n) is 8.56. The minimum absolute atomic E-state index is 0.322. The van der Waals surface area contributed by atoms with E-state index < -0.39 is 12.2 Å². The Morgan fingerprint density at radius 2 is 2.27 bits per heavy atom. The van der Waals surface area contributed by atoms with Crippen LogP contribution in [0.25, 0.3) is 0 Å². The minimum atomic E-state index is -0.643. The van der Waals surface area contributed by atoms with Gasteiger partial charge in [0.05, 0.1) is 5.56 Å². The summed E-state index contributed by atoms with van der Waals surface area (Å²) in [5, 5.41) is 2.51. The molecule has 0 radical (unpaired) electrons. The number of pyridine rings is 1. The van der Waals surface area contributed by atoms with Crippen LogP contribution in [-0.4, -0.2) is 23.1 Å². The third-order valence-electron chi connectivity index (χ3n) is 1.60. The van der Waals surface area contributed by atoms with E-state index >= 15 is 0 Å². The number of aromatic nitrogens is 1. The normalized spacial score (nSPS) is 11.6. The Bertz CT molecular complexity index is 351. The number of carbonyl (C=O) groups excluding carboxylic acids is 2. The van der Waals surface area contributed by atoms with E-state index in [1.165, 1.54) is 13.1 Å². The van der Waals surface area contributed by atoms with Gasteiger partial charge in [-0.1, -0.05) is 0 Å². The SMILES string of the molecule is CC(=O)OC(C)NC(=O)c1cccnc1.